The Morgan fingerprint density at radius 2 is 1.41 bits per heavy atom. The number of nitrogens with zero attached hydrogens (tertiary/aromatic N) is 2. The maximum absolute atomic E-state index is 2.74. The van der Waals surface area contributed by atoms with Gasteiger partial charge in [-0.05, 0) is 87.7 Å². The Morgan fingerprint density at radius 1 is 0.852 bits per heavy atom. The maximum atomic E-state index is 2.74. The zero-order chi connectivity index (χ0) is 19.9. The van der Waals surface area contributed by atoms with Crippen LogP contribution in [0.15, 0.2) is 0 Å². The van der Waals surface area contributed by atoms with E-state index in [1.165, 1.54) is 96.9 Å². The first-order chi connectivity index (χ1) is 12.9. The molecule has 0 bridgehead atoms. The predicted octanol–water partition coefficient (Wildman–Crippen LogP) is 6.45. The van der Waals surface area contributed by atoms with Gasteiger partial charge in [0.15, 0.2) is 0 Å². The third-order valence-corrected chi connectivity index (χ3v) is 7.62. The summed E-state index contributed by atoms with van der Waals surface area (Å²) in [6.07, 6.45) is 14.3. The second kappa shape index (κ2) is 10.6. The van der Waals surface area contributed by atoms with E-state index in [0.717, 1.165) is 22.7 Å². The van der Waals surface area contributed by atoms with E-state index in [4.69, 9.17) is 0 Å². The maximum Gasteiger partial charge on any atom is 0.00516 e. The number of hydrogen-bond acceptors (Lipinski definition) is 2. The Hall–Kier alpha value is -0.0800. The molecule has 0 aromatic carbocycles. The highest BCUT2D eigenvalue weighted by atomic mass is 15.2. The number of piperidine rings is 1. The highest BCUT2D eigenvalue weighted by molar-refractivity contribution is 4.98. The molecule has 1 saturated carbocycles. The van der Waals surface area contributed by atoms with Gasteiger partial charge in [-0.3, -0.25) is 0 Å². The quantitative estimate of drug-likeness (QED) is 0.454. The van der Waals surface area contributed by atoms with E-state index in [2.05, 4.69) is 51.5 Å². The Kier molecular flexibility index (Phi) is 9.13. The van der Waals surface area contributed by atoms with Gasteiger partial charge in [0, 0.05) is 19.6 Å². The molecule has 0 atom stereocenters. The number of likely N-dealkylation sites (tertiary alicyclic amines) is 2. The van der Waals surface area contributed by atoms with E-state index in [1.807, 2.05) is 0 Å². The molecule has 2 aliphatic heterocycles. The molecule has 0 aromatic rings. The van der Waals surface area contributed by atoms with Crippen LogP contribution in [0.3, 0.4) is 0 Å². The summed E-state index contributed by atoms with van der Waals surface area (Å²) in [6.45, 7) is 18.5. The summed E-state index contributed by atoms with van der Waals surface area (Å²) in [4.78, 5) is 5.23. The molecule has 1 aliphatic carbocycles. The molecule has 3 rings (SSSR count). The first kappa shape index (κ1) is 23.2. The fraction of sp³-hybridized carbons (Fsp3) is 1.00. The van der Waals surface area contributed by atoms with Crippen molar-refractivity contribution in [3.8, 4) is 0 Å². The number of hydrogen-bond donors (Lipinski definition) is 0. The fourth-order valence-corrected chi connectivity index (χ4v) is 5.69. The fourth-order valence-electron chi connectivity index (χ4n) is 5.69. The van der Waals surface area contributed by atoms with Crippen LogP contribution in [0.1, 0.15) is 98.8 Å². The Morgan fingerprint density at radius 3 is 1.78 bits per heavy atom. The second-order valence-corrected chi connectivity index (χ2v) is 10.9. The van der Waals surface area contributed by atoms with Crippen molar-refractivity contribution in [2.24, 2.45) is 22.7 Å². The van der Waals surface area contributed by atoms with Crippen molar-refractivity contribution in [1.82, 2.24) is 9.80 Å². The minimum atomic E-state index is 0.718. The zero-order valence-corrected chi connectivity index (χ0v) is 19.7. The molecule has 0 N–H and O–H groups in total. The lowest BCUT2D eigenvalue weighted by Gasteiger charge is -2.54. The van der Waals surface area contributed by atoms with Gasteiger partial charge < -0.3 is 9.80 Å². The number of rotatable bonds is 9. The molecule has 0 radical (unpaired) electrons. The van der Waals surface area contributed by atoms with Crippen molar-refractivity contribution >= 4 is 0 Å². The molecular formula is C25H50N2. The summed E-state index contributed by atoms with van der Waals surface area (Å²) in [6, 6.07) is 0. The van der Waals surface area contributed by atoms with E-state index in [9.17, 15) is 0 Å². The van der Waals surface area contributed by atoms with E-state index >= 15 is 0 Å². The minimum Gasteiger partial charge on any atom is -0.306 e. The molecule has 0 aromatic heterocycles. The smallest absolute Gasteiger partial charge is 0.00516 e. The van der Waals surface area contributed by atoms with Crippen molar-refractivity contribution in [1.29, 1.82) is 0 Å². The summed E-state index contributed by atoms with van der Waals surface area (Å²) in [5, 5.41) is 0. The van der Waals surface area contributed by atoms with Gasteiger partial charge in [0.25, 0.3) is 0 Å². The Bertz CT molecular complexity index is 391. The third kappa shape index (κ3) is 7.35. The van der Waals surface area contributed by atoms with Crippen LogP contribution in [0.5, 0.6) is 0 Å². The van der Waals surface area contributed by atoms with Crippen molar-refractivity contribution in [3.63, 3.8) is 0 Å². The summed E-state index contributed by atoms with van der Waals surface area (Å²) in [5.41, 5.74) is 1.53. The van der Waals surface area contributed by atoms with Crippen molar-refractivity contribution in [2.45, 2.75) is 98.8 Å². The highest BCUT2D eigenvalue weighted by Crippen LogP contribution is 2.53. The van der Waals surface area contributed by atoms with Gasteiger partial charge >= 0.3 is 0 Å². The van der Waals surface area contributed by atoms with Gasteiger partial charge in [0.2, 0.25) is 0 Å². The molecule has 27 heavy (non-hydrogen) atoms. The summed E-state index contributed by atoms with van der Waals surface area (Å²) in [7, 11) is 2.27. The van der Waals surface area contributed by atoms with Crippen molar-refractivity contribution in [2.75, 3.05) is 39.8 Å². The Labute approximate surface area is 171 Å². The second-order valence-electron chi connectivity index (χ2n) is 10.9. The average Bonchev–Trinajstić information content (AvgIpc) is 3.36. The Balaban J connectivity index is 0.000000244. The van der Waals surface area contributed by atoms with Crippen LogP contribution in [0.4, 0.5) is 0 Å². The van der Waals surface area contributed by atoms with Gasteiger partial charge in [-0.25, -0.2) is 0 Å². The van der Waals surface area contributed by atoms with Crippen molar-refractivity contribution in [3.05, 3.63) is 0 Å². The van der Waals surface area contributed by atoms with E-state index < -0.39 is 0 Å². The average molecular weight is 379 g/mol. The zero-order valence-electron chi connectivity index (χ0n) is 19.7. The molecule has 2 saturated heterocycles. The highest BCUT2D eigenvalue weighted by Gasteiger charge is 2.44. The van der Waals surface area contributed by atoms with E-state index in [-0.39, 0.29) is 0 Å². The van der Waals surface area contributed by atoms with Crippen LogP contribution in [0, 0.1) is 22.7 Å². The van der Waals surface area contributed by atoms with Gasteiger partial charge in [-0.1, -0.05) is 53.9 Å². The largest absolute Gasteiger partial charge is 0.306 e. The molecule has 1 spiro atoms. The first-order valence-electron chi connectivity index (χ1n) is 12.3. The van der Waals surface area contributed by atoms with Crippen LogP contribution in [-0.2, 0) is 0 Å². The van der Waals surface area contributed by atoms with Gasteiger partial charge in [0.1, 0.15) is 0 Å². The van der Waals surface area contributed by atoms with Crippen LogP contribution in [0.25, 0.3) is 0 Å². The summed E-state index contributed by atoms with van der Waals surface area (Å²) < 4.78 is 0. The SMILES string of the molecule is CCC1(CC(C)C)CC1.CCCC(CCC)CN1CC2(CCN(C)CC2)C1. The topological polar surface area (TPSA) is 6.48 Å². The molecule has 2 heterocycles. The molecule has 160 valence electrons. The molecule has 2 nitrogen and oxygen atoms in total. The third-order valence-electron chi connectivity index (χ3n) is 7.62. The van der Waals surface area contributed by atoms with Crippen LogP contribution >= 0.6 is 0 Å². The monoisotopic (exact) mass is 378 g/mol. The molecule has 0 unspecified atom stereocenters. The predicted molar refractivity (Wildman–Crippen MR) is 120 cm³/mol. The summed E-state index contributed by atoms with van der Waals surface area (Å²) >= 11 is 0. The standard InChI is InChI=1S/C16H32N2.C9H18/c1-4-6-15(7-5-2)12-18-13-16(14-18)8-10-17(3)11-9-16;1-4-9(5-6-9)7-8(2)3/h15H,4-14H2,1-3H3;8H,4-7H2,1-3H3. The molecule has 0 amide bonds. The van der Waals surface area contributed by atoms with Crippen molar-refractivity contribution < 1.29 is 0 Å². The van der Waals surface area contributed by atoms with E-state index in [1.54, 1.807) is 0 Å². The van der Waals surface area contributed by atoms with Gasteiger partial charge in [0.05, 0.1) is 0 Å². The van der Waals surface area contributed by atoms with Crippen LogP contribution in [-0.4, -0.2) is 49.6 Å². The molecule has 3 fully saturated rings. The normalized spacial score (nSPS) is 24.0. The van der Waals surface area contributed by atoms with Gasteiger partial charge in [-0.15, -0.1) is 0 Å². The molecule has 2 heteroatoms. The van der Waals surface area contributed by atoms with E-state index in [0.29, 0.717) is 0 Å². The lowest BCUT2D eigenvalue weighted by atomic mass is 9.71. The van der Waals surface area contributed by atoms with Crippen LogP contribution < -0.4 is 0 Å². The van der Waals surface area contributed by atoms with Gasteiger partial charge in [-0.2, -0.15) is 0 Å². The molecular weight excluding hydrogens is 328 g/mol. The van der Waals surface area contributed by atoms with Crippen LogP contribution in [0.2, 0.25) is 0 Å². The lowest BCUT2D eigenvalue weighted by molar-refractivity contribution is -0.0504. The lowest BCUT2D eigenvalue weighted by Crippen LogP contribution is -2.60. The molecule has 3 aliphatic rings. The minimum absolute atomic E-state index is 0.718. The summed E-state index contributed by atoms with van der Waals surface area (Å²) in [5.74, 6) is 1.87. The first-order valence-corrected chi connectivity index (χ1v) is 12.3.